The first-order valence-electron chi connectivity index (χ1n) is 5.22. The SMILES string of the molecule is CC(O)Cc1ccc(C2COCO2)cc1. The molecule has 1 fully saturated rings. The van der Waals surface area contributed by atoms with Gasteiger partial charge in [-0.15, -0.1) is 0 Å². The molecule has 0 aromatic heterocycles. The van der Waals surface area contributed by atoms with Crippen LogP contribution in [0.25, 0.3) is 0 Å². The molecule has 2 atom stereocenters. The van der Waals surface area contributed by atoms with Gasteiger partial charge in [0.2, 0.25) is 0 Å². The Kier molecular flexibility index (Phi) is 3.36. The second kappa shape index (κ2) is 4.75. The second-order valence-electron chi connectivity index (χ2n) is 3.94. The van der Waals surface area contributed by atoms with E-state index in [-0.39, 0.29) is 12.2 Å². The highest BCUT2D eigenvalue weighted by atomic mass is 16.7. The molecular formula is C12H16O3. The van der Waals surface area contributed by atoms with E-state index >= 15 is 0 Å². The summed E-state index contributed by atoms with van der Waals surface area (Å²) >= 11 is 0. The molecule has 82 valence electrons. The van der Waals surface area contributed by atoms with Gasteiger partial charge in [0.1, 0.15) is 12.9 Å². The van der Waals surface area contributed by atoms with Gasteiger partial charge in [-0.1, -0.05) is 24.3 Å². The van der Waals surface area contributed by atoms with Gasteiger partial charge in [0.15, 0.2) is 0 Å². The first-order chi connectivity index (χ1) is 7.25. The Morgan fingerprint density at radius 2 is 2.13 bits per heavy atom. The third-order valence-corrected chi connectivity index (χ3v) is 2.50. The summed E-state index contributed by atoms with van der Waals surface area (Å²) in [5.41, 5.74) is 2.29. The quantitative estimate of drug-likeness (QED) is 0.821. The minimum Gasteiger partial charge on any atom is -0.393 e. The van der Waals surface area contributed by atoms with Crippen LogP contribution in [0.3, 0.4) is 0 Å². The van der Waals surface area contributed by atoms with Crippen molar-refractivity contribution in [2.24, 2.45) is 0 Å². The van der Waals surface area contributed by atoms with Gasteiger partial charge in [-0.25, -0.2) is 0 Å². The average Bonchev–Trinajstić information content (AvgIpc) is 2.71. The number of aliphatic hydroxyl groups is 1. The first-order valence-corrected chi connectivity index (χ1v) is 5.22. The first kappa shape index (κ1) is 10.6. The molecular weight excluding hydrogens is 192 g/mol. The number of benzene rings is 1. The van der Waals surface area contributed by atoms with E-state index in [1.807, 2.05) is 24.3 Å². The fourth-order valence-electron chi connectivity index (χ4n) is 1.74. The molecule has 0 amide bonds. The summed E-state index contributed by atoms with van der Waals surface area (Å²) in [5, 5.41) is 9.24. The molecule has 0 bridgehead atoms. The number of aliphatic hydroxyl groups excluding tert-OH is 1. The van der Waals surface area contributed by atoms with Crippen molar-refractivity contribution in [3.05, 3.63) is 35.4 Å². The van der Waals surface area contributed by atoms with Crippen molar-refractivity contribution < 1.29 is 14.6 Å². The van der Waals surface area contributed by atoms with E-state index in [4.69, 9.17) is 9.47 Å². The number of rotatable bonds is 3. The normalized spacial score (nSPS) is 22.9. The summed E-state index contributed by atoms with van der Waals surface area (Å²) in [6, 6.07) is 8.14. The fraction of sp³-hybridized carbons (Fsp3) is 0.500. The monoisotopic (exact) mass is 208 g/mol. The standard InChI is InChI=1S/C12H16O3/c1-9(13)6-10-2-4-11(5-3-10)12-7-14-8-15-12/h2-5,9,12-13H,6-8H2,1H3. The van der Waals surface area contributed by atoms with Crippen LogP contribution in [0.2, 0.25) is 0 Å². The largest absolute Gasteiger partial charge is 0.393 e. The van der Waals surface area contributed by atoms with Gasteiger partial charge in [0.25, 0.3) is 0 Å². The summed E-state index contributed by atoms with van der Waals surface area (Å²) in [5.74, 6) is 0. The van der Waals surface area contributed by atoms with E-state index in [0.717, 1.165) is 11.1 Å². The zero-order valence-electron chi connectivity index (χ0n) is 8.85. The molecule has 0 radical (unpaired) electrons. The van der Waals surface area contributed by atoms with E-state index < -0.39 is 0 Å². The lowest BCUT2D eigenvalue weighted by Crippen LogP contribution is -2.05. The van der Waals surface area contributed by atoms with Crippen LogP contribution in [-0.2, 0) is 15.9 Å². The maximum atomic E-state index is 9.24. The lowest BCUT2D eigenvalue weighted by Gasteiger charge is -2.09. The molecule has 0 spiro atoms. The Morgan fingerprint density at radius 1 is 1.40 bits per heavy atom. The van der Waals surface area contributed by atoms with E-state index in [9.17, 15) is 5.11 Å². The molecule has 2 unspecified atom stereocenters. The molecule has 1 saturated heterocycles. The van der Waals surface area contributed by atoms with Crippen molar-refractivity contribution in [1.82, 2.24) is 0 Å². The van der Waals surface area contributed by atoms with Crippen LogP contribution in [0.1, 0.15) is 24.2 Å². The lowest BCUT2D eigenvalue weighted by molar-refractivity contribution is 0.0466. The zero-order chi connectivity index (χ0) is 10.7. The summed E-state index contributed by atoms with van der Waals surface area (Å²) in [7, 11) is 0. The minimum atomic E-state index is -0.290. The van der Waals surface area contributed by atoms with E-state index in [0.29, 0.717) is 19.8 Å². The van der Waals surface area contributed by atoms with Gasteiger partial charge >= 0.3 is 0 Å². The van der Waals surface area contributed by atoms with Gasteiger partial charge < -0.3 is 14.6 Å². The van der Waals surface area contributed by atoms with Crippen molar-refractivity contribution in [1.29, 1.82) is 0 Å². The number of hydrogen-bond donors (Lipinski definition) is 1. The summed E-state index contributed by atoms with van der Waals surface area (Å²) in [6.07, 6.45) is 0.481. The summed E-state index contributed by atoms with van der Waals surface area (Å²) in [4.78, 5) is 0. The summed E-state index contributed by atoms with van der Waals surface area (Å²) in [6.45, 7) is 2.82. The number of hydrogen-bond acceptors (Lipinski definition) is 3. The van der Waals surface area contributed by atoms with Crippen LogP contribution >= 0.6 is 0 Å². The lowest BCUT2D eigenvalue weighted by atomic mass is 10.0. The molecule has 1 aromatic carbocycles. The predicted molar refractivity (Wildman–Crippen MR) is 56.5 cm³/mol. The minimum absolute atomic E-state index is 0.0746. The Morgan fingerprint density at radius 3 is 2.67 bits per heavy atom. The smallest absolute Gasteiger partial charge is 0.147 e. The summed E-state index contributed by atoms with van der Waals surface area (Å²) < 4.78 is 10.5. The molecule has 0 aliphatic carbocycles. The third kappa shape index (κ3) is 2.78. The molecule has 1 heterocycles. The van der Waals surface area contributed by atoms with E-state index in [1.165, 1.54) is 0 Å². The van der Waals surface area contributed by atoms with Gasteiger partial charge in [0, 0.05) is 0 Å². The van der Waals surface area contributed by atoms with Crippen molar-refractivity contribution >= 4 is 0 Å². The highest BCUT2D eigenvalue weighted by Gasteiger charge is 2.17. The maximum absolute atomic E-state index is 9.24. The van der Waals surface area contributed by atoms with Gasteiger partial charge in [-0.2, -0.15) is 0 Å². The van der Waals surface area contributed by atoms with E-state index in [1.54, 1.807) is 6.92 Å². The molecule has 15 heavy (non-hydrogen) atoms. The van der Waals surface area contributed by atoms with Crippen LogP contribution in [0, 0.1) is 0 Å². The van der Waals surface area contributed by atoms with Crippen LogP contribution in [0.4, 0.5) is 0 Å². The van der Waals surface area contributed by atoms with Crippen molar-refractivity contribution in [3.63, 3.8) is 0 Å². The van der Waals surface area contributed by atoms with Crippen LogP contribution in [0.15, 0.2) is 24.3 Å². The zero-order valence-corrected chi connectivity index (χ0v) is 8.85. The van der Waals surface area contributed by atoms with Gasteiger partial charge in [-0.05, 0) is 24.5 Å². The van der Waals surface area contributed by atoms with Gasteiger partial charge in [0.05, 0.1) is 12.7 Å². The van der Waals surface area contributed by atoms with Crippen LogP contribution in [-0.4, -0.2) is 24.6 Å². The van der Waals surface area contributed by atoms with Crippen molar-refractivity contribution in [2.75, 3.05) is 13.4 Å². The molecule has 1 aliphatic rings. The predicted octanol–water partition coefficient (Wildman–Crippen LogP) is 1.66. The molecule has 3 nitrogen and oxygen atoms in total. The molecule has 0 saturated carbocycles. The van der Waals surface area contributed by atoms with Crippen LogP contribution < -0.4 is 0 Å². The molecule has 2 rings (SSSR count). The molecule has 1 N–H and O–H groups in total. The molecule has 1 aromatic rings. The maximum Gasteiger partial charge on any atom is 0.147 e. The Hall–Kier alpha value is -0.900. The van der Waals surface area contributed by atoms with Crippen LogP contribution in [0.5, 0.6) is 0 Å². The van der Waals surface area contributed by atoms with Gasteiger partial charge in [-0.3, -0.25) is 0 Å². The third-order valence-electron chi connectivity index (χ3n) is 2.50. The molecule has 3 heteroatoms. The van der Waals surface area contributed by atoms with E-state index in [2.05, 4.69) is 0 Å². The second-order valence-corrected chi connectivity index (χ2v) is 3.94. The average molecular weight is 208 g/mol. The Bertz CT molecular complexity index is 299. The van der Waals surface area contributed by atoms with Crippen molar-refractivity contribution in [2.45, 2.75) is 25.6 Å². The molecule has 1 aliphatic heterocycles. The number of ether oxygens (including phenoxy) is 2. The Labute approximate surface area is 89.6 Å². The Balaban J connectivity index is 2.03. The topological polar surface area (TPSA) is 38.7 Å². The highest BCUT2D eigenvalue weighted by molar-refractivity contribution is 5.25. The van der Waals surface area contributed by atoms with Crippen molar-refractivity contribution in [3.8, 4) is 0 Å². The fourth-order valence-corrected chi connectivity index (χ4v) is 1.74. The highest BCUT2D eigenvalue weighted by Crippen LogP contribution is 2.22.